The van der Waals surface area contributed by atoms with Gasteiger partial charge in [0, 0.05) is 17.7 Å². The molecule has 4 rings (SSSR count). The molecule has 4 aromatic rings. The predicted octanol–water partition coefficient (Wildman–Crippen LogP) is 2.91. The summed E-state index contributed by atoms with van der Waals surface area (Å²) in [4.78, 5) is 29.5. The summed E-state index contributed by atoms with van der Waals surface area (Å²) in [6, 6.07) is 12.9. The first kappa shape index (κ1) is 20.3. The Kier molecular flexibility index (Phi) is 5.74. The van der Waals surface area contributed by atoms with E-state index >= 15 is 0 Å². The highest BCUT2D eigenvalue weighted by Gasteiger charge is 2.18. The number of para-hydroxylation sites is 1. The second-order valence-corrected chi connectivity index (χ2v) is 6.71. The largest absolute Gasteiger partial charge is 0.494 e. The van der Waals surface area contributed by atoms with Crippen LogP contribution >= 0.6 is 0 Å². The second-order valence-electron chi connectivity index (χ2n) is 6.71. The Morgan fingerprint density at radius 1 is 1.19 bits per heavy atom. The first-order valence-corrected chi connectivity index (χ1v) is 9.65. The highest BCUT2D eigenvalue weighted by molar-refractivity contribution is 5.88. The van der Waals surface area contributed by atoms with Crippen molar-refractivity contribution in [2.75, 3.05) is 6.61 Å². The molecule has 0 spiro atoms. The average molecular weight is 422 g/mol. The summed E-state index contributed by atoms with van der Waals surface area (Å²) >= 11 is 0. The fourth-order valence-corrected chi connectivity index (χ4v) is 3.15. The Labute approximate surface area is 176 Å². The van der Waals surface area contributed by atoms with Crippen molar-refractivity contribution in [3.8, 4) is 17.0 Å². The SMILES string of the molecule is CCOc1ccccc1CNC(=O)Cn1cnc2onc(-c3ccc(F)cc3)c2c1=O. The molecule has 0 unspecified atom stereocenters. The first-order valence-electron chi connectivity index (χ1n) is 9.65. The van der Waals surface area contributed by atoms with Gasteiger partial charge < -0.3 is 14.6 Å². The molecule has 0 atom stereocenters. The van der Waals surface area contributed by atoms with Gasteiger partial charge in [-0.15, -0.1) is 0 Å². The summed E-state index contributed by atoms with van der Waals surface area (Å²) < 4.78 is 25.1. The minimum Gasteiger partial charge on any atom is -0.494 e. The molecule has 0 aliphatic carbocycles. The first-order chi connectivity index (χ1) is 15.1. The van der Waals surface area contributed by atoms with Crippen molar-refractivity contribution < 1.29 is 18.4 Å². The fourth-order valence-electron chi connectivity index (χ4n) is 3.15. The lowest BCUT2D eigenvalue weighted by Gasteiger charge is -2.11. The molecule has 0 aliphatic heterocycles. The molecule has 8 nitrogen and oxygen atoms in total. The smallest absolute Gasteiger partial charge is 0.267 e. The summed E-state index contributed by atoms with van der Waals surface area (Å²) in [7, 11) is 0. The van der Waals surface area contributed by atoms with Crippen LogP contribution in [0, 0.1) is 5.82 Å². The zero-order chi connectivity index (χ0) is 21.8. The van der Waals surface area contributed by atoms with Crippen LogP contribution in [0.2, 0.25) is 0 Å². The van der Waals surface area contributed by atoms with Gasteiger partial charge in [0.1, 0.15) is 35.5 Å². The van der Waals surface area contributed by atoms with Crippen molar-refractivity contribution >= 4 is 17.0 Å². The van der Waals surface area contributed by atoms with Crippen LogP contribution in [0.15, 0.2) is 64.2 Å². The van der Waals surface area contributed by atoms with Crippen molar-refractivity contribution in [1.29, 1.82) is 0 Å². The van der Waals surface area contributed by atoms with Crippen LogP contribution in [0.4, 0.5) is 4.39 Å². The Balaban J connectivity index is 1.54. The lowest BCUT2D eigenvalue weighted by Crippen LogP contribution is -2.32. The van der Waals surface area contributed by atoms with E-state index < -0.39 is 11.4 Å². The Hall–Kier alpha value is -4.01. The van der Waals surface area contributed by atoms with Crippen molar-refractivity contribution in [2.45, 2.75) is 20.0 Å². The van der Waals surface area contributed by atoms with Gasteiger partial charge in [0.25, 0.3) is 11.3 Å². The lowest BCUT2D eigenvalue weighted by molar-refractivity contribution is -0.121. The normalized spacial score (nSPS) is 10.9. The van der Waals surface area contributed by atoms with Crippen molar-refractivity contribution in [1.82, 2.24) is 20.0 Å². The van der Waals surface area contributed by atoms with E-state index in [0.717, 1.165) is 5.56 Å². The molecule has 2 heterocycles. The lowest BCUT2D eigenvalue weighted by atomic mass is 10.1. The molecule has 0 saturated heterocycles. The minimum absolute atomic E-state index is 0.0478. The van der Waals surface area contributed by atoms with Crippen LogP contribution in [-0.2, 0) is 17.9 Å². The molecule has 1 N–H and O–H groups in total. The third-order valence-corrected chi connectivity index (χ3v) is 4.64. The average Bonchev–Trinajstić information content (AvgIpc) is 3.21. The topological polar surface area (TPSA) is 99.2 Å². The highest BCUT2D eigenvalue weighted by Crippen LogP contribution is 2.24. The molecular formula is C22H19FN4O4. The summed E-state index contributed by atoms with van der Waals surface area (Å²) in [5.74, 6) is -0.0806. The van der Waals surface area contributed by atoms with Crippen LogP contribution in [0.5, 0.6) is 5.75 Å². The van der Waals surface area contributed by atoms with E-state index in [1.54, 1.807) is 0 Å². The van der Waals surface area contributed by atoms with Gasteiger partial charge >= 0.3 is 0 Å². The molecule has 31 heavy (non-hydrogen) atoms. The third-order valence-electron chi connectivity index (χ3n) is 4.64. The number of benzene rings is 2. The number of aromatic nitrogens is 3. The van der Waals surface area contributed by atoms with Gasteiger partial charge in [0.15, 0.2) is 0 Å². The van der Waals surface area contributed by atoms with Crippen LogP contribution in [0.3, 0.4) is 0 Å². The standard InChI is InChI=1S/C22H19FN4O4/c1-2-30-17-6-4-3-5-15(17)11-24-18(28)12-27-13-25-21-19(22(27)29)20(26-31-21)14-7-9-16(23)10-8-14/h3-10,13H,2,11-12H2,1H3,(H,24,28). The number of carbonyl (C=O) groups excluding carboxylic acids is 1. The molecule has 0 fully saturated rings. The van der Waals surface area contributed by atoms with E-state index in [0.29, 0.717) is 17.9 Å². The number of fused-ring (bicyclic) bond motifs is 1. The van der Waals surface area contributed by atoms with Gasteiger partial charge in [0.05, 0.1) is 6.61 Å². The van der Waals surface area contributed by atoms with Crippen molar-refractivity contribution in [3.63, 3.8) is 0 Å². The quantitative estimate of drug-likeness (QED) is 0.492. The Morgan fingerprint density at radius 2 is 1.97 bits per heavy atom. The van der Waals surface area contributed by atoms with E-state index in [9.17, 15) is 14.0 Å². The fraction of sp³-hybridized carbons (Fsp3) is 0.182. The summed E-state index contributed by atoms with van der Waals surface area (Å²) in [6.07, 6.45) is 1.23. The van der Waals surface area contributed by atoms with Crippen molar-refractivity contribution in [2.24, 2.45) is 0 Å². The molecular weight excluding hydrogens is 403 g/mol. The molecule has 2 aromatic heterocycles. The summed E-state index contributed by atoms with van der Waals surface area (Å²) in [5.41, 5.74) is 1.15. The third kappa shape index (κ3) is 4.30. The van der Waals surface area contributed by atoms with Gasteiger partial charge in [-0.05, 0) is 37.3 Å². The van der Waals surface area contributed by atoms with E-state index in [1.807, 2.05) is 31.2 Å². The number of hydrogen-bond donors (Lipinski definition) is 1. The van der Waals surface area contributed by atoms with Gasteiger partial charge in [-0.25, -0.2) is 9.37 Å². The number of rotatable bonds is 7. The zero-order valence-corrected chi connectivity index (χ0v) is 16.7. The molecule has 1 amide bonds. The van der Waals surface area contributed by atoms with Gasteiger partial charge in [-0.1, -0.05) is 23.4 Å². The number of ether oxygens (including phenoxy) is 1. The van der Waals surface area contributed by atoms with Crippen molar-refractivity contribution in [3.05, 3.63) is 76.6 Å². The number of nitrogens with zero attached hydrogens (tertiary/aromatic N) is 3. The number of halogens is 1. The highest BCUT2D eigenvalue weighted by atomic mass is 19.1. The number of carbonyl (C=O) groups is 1. The van der Waals surface area contributed by atoms with Gasteiger partial charge in [-0.2, -0.15) is 0 Å². The second kappa shape index (κ2) is 8.78. The molecule has 0 bridgehead atoms. The predicted molar refractivity (Wildman–Crippen MR) is 111 cm³/mol. The molecule has 2 aromatic carbocycles. The Morgan fingerprint density at radius 3 is 2.74 bits per heavy atom. The Bertz CT molecular complexity index is 1280. The maximum atomic E-state index is 13.2. The van der Waals surface area contributed by atoms with E-state index in [1.165, 1.54) is 35.2 Å². The van der Waals surface area contributed by atoms with Crippen LogP contribution < -0.4 is 15.6 Å². The summed E-state index contributed by atoms with van der Waals surface area (Å²) in [6.45, 7) is 2.43. The number of nitrogens with one attached hydrogen (secondary N) is 1. The van der Waals surface area contributed by atoms with E-state index in [4.69, 9.17) is 9.26 Å². The molecule has 0 aliphatic rings. The number of amides is 1. The maximum Gasteiger partial charge on any atom is 0.267 e. The molecule has 0 saturated carbocycles. The zero-order valence-electron chi connectivity index (χ0n) is 16.7. The van der Waals surface area contributed by atoms with Gasteiger partial charge in [-0.3, -0.25) is 14.2 Å². The van der Waals surface area contributed by atoms with E-state index in [-0.39, 0.29) is 35.8 Å². The molecule has 0 radical (unpaired) electrons. The summed E-state index contributed by atoms with van der Waals surface area (Å²) in [5, 5.41) is 6.80. The van der Waals surface area contributed by atoms with E-state index in [2.05, 4.69) is 15.5 Å². The van der Waals surface area contributed by atoms with Crippen LogP contribution in [0.1, 0.15) is 12.5 Å². The maximum absolute atomic E-state index is 13.2. The van der Waals surface area contributed by atoms with Crippen LogP contribution in [-0.4, -0.2) is 27.2 Å². The number of hydrogen-bond acceptors (Lipinski definition) is 6. The monoisotopic (exact) mass is 422 g/mol. The van der Waals surface area contributed by atoms with Gasteiger partial charge in [0.2, 0.25) is 5.91 Å². The van der Waals surface area contributed by atoms with Crippen LogP contribution in [0.25, 0.3) is 22.4 Å². The molecule has 9 heteroatoms. The molecule has 158 valence electrons. The minimum atomic E-state index is -0.476.